The van der Waals surface area contributed by atoms with Crippen molar-refractivity contribution in [2.75, 3.05) is 23.8 Å². The zero-order valence-electron chi connectivity index (χ0n) is 9.98. The zero-order valence-corrected chi connectivity index (χ0v) is 9.98. The van der Waals surface area contributed by atoms with Crippen LogP contribution < -0.4 is 15.4 Å². The molecule has 5 nitrogen and oxygen atoms in total. The van der Waals surface area contributed by atoms with Gasteiger partial charge in [0.15, 0.2) is 0 Å². The van der Waals surface area contributed by atoms with Crippen LogP contribution in [0.5, 0.6) is 5.75 Å². The lowest BCUT2D eigenvalue weighted by Gasteiger charge is -2.18. The van der Waals surface area contributed by atoms with Gasteiger partial charge in [-0.1, -0.05) is 0 Å². The van der Waals surface area contributed by atoms with Crippen molar-refractivity contribution in [3.05, 3.63) is 18.2 Å². The SMILES string of the molecule is Nc1cc(OC(F)C(F)(F)F)ccc1N1CCOC1=O. The third-order valence-corrected chi connectivity index (χ3v) is 2.55. The first-order chi connectivity index (χ1) is 9.29. The normalized spacial score (nSPS) is 17.0. The zero-order chi connectivity index (χ0) is 14.9. The third-order valence-electron chi connectivity index (χ3n) is 2.55. The molecule has 20 heavy (non-hydrogen) atoms. The van der Waals surface area contributed by atoms with E-state index in [9.17, 15) is 22.4 Å². The third kappa shape index (κ3) is 2.86. The Balaban J connectivity index is 2.16. The molecule has 1 amide bonds. The largest absolute Gasteiger partial charge is 0.457 e. The van der Waals surface area contributed by atoms with E-state index in [2.05, 4.69) is 4.74 Å². The molecule has 1 aromatic rings. The highest BCUT2D eigenvalue weighted by molar-refractivity contribution is 5.93. The van der Waals surface area contributed by atoms with Crippen molar-refractivity contribution in [2.45, 2.75) is 12.5 Å². The van der Waals surface area contributed by atoms with Crippen LogP contribution in [0.3, 0.4) is 0 Å². The average Bonchev–Trinajstić information content (AvgIpc) is 2.74. The molecule has 1 fully saturated rings. The number of amides is 1. The van der Waals surface area contributed by atoms with Crippen molar-refractivity contribution in [3.8, 4) is 5.75 Å². The van der Waals surface area contributed by atoms with Gasteiger partial charge in [-0.05, 0) is 12.1 Å². The Hall–Kier alpha value is -2.19. The first-order valence-corrected chi connectivity index (χ1v) is 5.50. The Bertz CT molecular complexity index is 521. The first kappa shape index (κ1) is 14.2. The molecule has 0 saturated carbocycles. The minimum atomic E-state index is -5.12. The van der Waals surface area contributed by atoms with Crippen LogP contribution in [-0.2, 0) is 4.74 Å². The van der Waals surface area contributed by atoms with Crippen LogP contribution in [0.1, 0.15) is 0 Å². The van der Waals surface area contributed by atoms with Gasteiger partial charge >= 0.3 is 18.6 Å². The van der Waals surface area contributed by atoms with Crippen LogP contribution in [0.2, 0.25) is 0 Å². The molecular formula is C11H10F4N2O3. The van der Waals surface area contributed by atoms with Crippen molar-refractivity contribution < 1.29 is 31.8 Å². The van der Waals surface area contributed by atoms with Gasteiger partial charge in [-0.25, -0.2) is 4.79 Å². The molecule has 1 saturated heterocycles. The number of ether oxygens (including phenoxy) is 2. The predicted molar refractivity (Wildman–Crippen MR) is 61.1 cm³/mol. The van der Waals surface area contributed by atoms with Gasteiger partial charge in [-0.3, -0.25) is 4.90 Å². The minimum Gasteiger partial charge on any atom is -0.452 e. The fourth-order valence-corrected chi connectivity index (χ4v) is 1.65. The summed E-state index contributed by atoms with van der Waals surface area (Å²) in [7, 11) is 0. The number of cyclic esters (lactones) is 1. The van der Waals surface area contributed by atoms with Crippen LogP contribution in [0.25, 0.3) is 0 Å². The monoisotopic (exact) mass is 294 g/mol. The fourth-order valence-electron chi connectivity index (χ4n) is 1.65. The van der Waals surface area contributed by atoms with E-state index in [1.54, 1.807) is 0 Å². The summed E-state index contributed by atoms with van der Waals surface area (Å²) < 4.78 is 57.6. The highest BCUT2D eigenvalue weighted by atomic mass is 19.4. The van der Waals surface area contributed by atoms with Crippen molar-refractivity contribution in [3.63, 3.8) is 0 Å². The molecule has 0 bridgehead atoms. The standard InChI is InChI=1S/C11H10F4N2O3/c12-9(11(13,14)15)20-6-1-2-8(7(16)5-6)17-3-4-19-10(17)18/h1-2,5,9H,3-4,16H2. The van der Waals surface area contributed by atoms with Crippen LogP contribution >= 0.6 is 0 Å². The number of hydrogen-bond donors (Lipinski definition) is 1. The molecule has 1 atom stereocenters. The predicted octanol–water partition coefficient (Wildman–Crippen LogP) is 2.46. The van der Waals surface area contributed by atoms with Gasteiger partial charge in [-0.15, -0.1) is 0 Å². The van der Waals surface area contributed by atoms with E-state index in [-0.39, 0.29) is 30.3 Å². The number of halogens is 4. The van der Waals surface area contributed by atoms with E-state index in [0.717, 1.165) is 12.1 Å². The summed E-state index contributed by atoms with van der Waals surface area (Å²) in [4.78, 5) is 12.5. The Morgan fingerprint density at radius 2 is 2.10 bits per heavy atom. The van der Waals surface area contributed by atoms with Gasteiger partial charge < -0.3 is 15.2 Å². The van der Waals surface area contributed by atoms with E-state index in [4.69, 9.17) is 10.5 Å². The number of nitrogens with two attached hydrogens (primary N) is 1. The first-order valence-electron chi connectivity index (χ1n) is 5.50. The van der Waals surface area contributed by atoms with E-state index < -0.39 is 18.6 Å². The van der Waals surface area contributed by atoms with E-state index >= 15 is 0 Å². The van der Waals surface area contributed by atoms with Crippen molar-refractivity contribution in [2.24, 2.45) is 0 Å². The average molecular weight is 294 g/mol. The lowest BCUT2D eigenvalue weighted by molar-refractivity contribution is -0.236. The highest BCUT2D eigenvalue weighted by Crippen LogP contribution is 2.32. The second-order valence-electron chi connectivity index (χ2n) is 3.96. The molecule has 2 rings (SSSR count). The van der Waals surface area contributed by atoms with Gasteiger partial charge in [0.1, 0.15) is 12.4 Å². The Kier molecular flexibility index (Phi) is 3.60. The summed E-state index contributed by atoms with van der Waals surface area (Å²) in [6.45, 7) is 0.467. The van der Waals surface area contributed by atoms with Crippen LogP contribution in [0.15, 0.2) is 18.2 Å². The van der Waals surface area contributed by atoms with E-state index in [1.165, 1.54) is 11.0 Å². The molecule has 1 aliphatic rings. The minimum absolute atomic E-state index is 0.0178. The van der Waals surface area contributed by atoms with Crippen molar-refractivity contribution in [1.29, 1.82) is 0 Å². The molecule has 0 aromatic heterocycles. The number of rotatable bonds is 3. The molecule has 1 aromatic carbocycles. The van der Waals surface area contributed by atoms with E-state index in [0.29, 0.717) is 0 Å². The second kappa shape index (κ2) is 5.06. The smallest absolute Gasteiger partial charge is 0.452 e. The van der Waals surface area contributed by atoms with Crippen molar-refractivity contribution >= 4 is 17.5 Å². The Morgan fingerprint density at radius 3 is 2.60 bits per heavy atom. The number of benzene rings is 1. The Labute approximate surface area is 110 Å². The lowest BCUT2D eigenvalue weighted by atomic mass is 10.2. The molecule has 2 N–H and O–H groups in total. The lowest BCUT2D eigenvalue weighted by Crippen LogP contribution is -2.30. The Morgan fingerprint density at radius 1 is 1.40 bits per heavy atom. The summed E-state index contributed by atoms with van der Waals surface area (Å²) in [6.07, 6.45) is -9.17. The number of nitrogen functional groups attached to an aromatic ring is 1. The van der Waals surface area contributed by atoms with Crippen LogP contribution in [-0.4, -0.2) is 31.8 Å². The van der Waals surface area contributed by atoms with E-state index in [1.807, 2.05) is 0 Å². The van der Waals surface area contributed by atoms with Crippen LogP contribution in [0.4, 0.5) is 33.7 Å². The summed E-state index contributed by atoms with van der Waals surface area (Å²) in [6, 6.07) is 3.37. The second-order valence-corrected chi connectivity index (χ2v) is 3.96. The van der Waals surface area contributed by atoms with Gasteiger partial charge in [0.05, 0.1) is 17.9 Å². The number of carbonyl (C=O) groups is 1. The summed E-state index contributed by atoms with van der Waals surface area (Å²) in [5.41, 5.74) is 5.86. The number of hydrogen-bond acceptors (Lipinski definition) is 4. The maximum atomic E-state index is 12.7. The molecule has 0 spiro atoms. The number of anilines is 2. The van der Waals surface area contributed by atoms with Gasteiger partial charge in [-0.2, -0.15) is 17.6 Å². The van der Waals surface area contributed by atoms with Crippen molar-refractivity contribution in [1.82, 2.24) is 0 Å². The summed E-state index contributed by atoms with van der Waals surface area (Å²) in [5.74, 6) is -0.386. The highest BCUT2D eigenvalue weighted by Gasteiger charge is 2.42. The quantitative estimate of drug-likeness (QED) is 0.687. The molecule has 1 unspecified atom stereocenters. The fraction of sp³-hybridized carbons (Fsp3) is 0.364. The molecule has 110 valence electrons. The summed E-state index contributed by atoms with van der Waals surface area (Å²) >= 11 is 0. The molecular weight excluding hydrogens is 284 g/mol. The van der Waals surface area contributed by atoms with Gasteiger partial charge in [0.2, 0.25) is 0 Å². The maximum absolute atomic E-state index is 12.7. The topological polar surface area (TPSA) is 64.8 Å². The van der Waals surface area contributed by atoms with Crippen LogP contribution in [0, 0.1) is 0 Å². The molecule has 0 radical (unpaired) electrons. The number of nitrogens with zero attached hydrogens (tertiary/aromatic N) is 1. The van der Waals surface area contributed by atoms with Gasteiger partial charge in [0, 0.05) is 6.07 Å². The molecule has 1 aliphatic heterocycles. The molecule has 9 heteroatoms. The number of carbonyl (C=O) groups excluding carboxylic acids is 1. The summed E-state index contributed by atoms with van der Waals surface area (Å²) in [5, 5.41) is 0. The van der Waals surface area contributed by atoms with Gasteiger partial charge in [0.25, 0.3) is 0 Å². The molecule has 1 heterocycles. The number of alkyl halides is 4. The maximum Gasteiger partial charge on any atom is 0.457 e. The molecule has 0 aliphatic carbocycles.